The smallest absolute Gasteiger partial charge is 0.246 e. The van der Waals surface area contributed by atoms with Crippen LogP contribution in [0.2, 0.25) is 0 Å². The third kappa shape index (κ3) is 0.951. The van der Waals surface area contributed by atoms with Crippen LogP contribution >= 0.6 is 11.8 Å². The number of quaternary nitrogens is 1. The van der Waals surface area contributed by atoms with Crippen LogP contribution in [0.5, 0.6) is 0 Å². The van der Waals surface area contributed by atoms with Gasteiger partial charge in [-0.3, -0.25) is 4.79 Å². The molecule has 0 aliphatic carbocycles. The van der Waals surface area contributed by atoms with E-state index in [0.717, 1.165) is 12.2 Å². The Morgan fingerprint density at radius 1 is 1.86 bits per heavy atom. The molecule has 0 spiro atoms. The predicted molar refractivity (Wildman–Crippen MR) is 28.8 cm³/mol. The van der Waals surface area contributed by atoms with E-state index in [2.05, 4.69) is 5.73 Å². The Hall–Kier alpha value is -0.0200. The van der Waals surface area contributed by atoms with E-state index in [9.17, 15) is 4.79 Å². The summed E-state index contributed by atoms with van der Waals surface area (Å²) in [5.41, 5.74) is 3.65. The second-order valence-electron chi connectivity index (χ2n) is 1.65. The van der Waals surface area contributed by atoms with Crippen LogP contribution in [0, 0.1) is 0 Å². The summed E-state index contributed by atoms with van der Waals surface area (Å²) >= 11 is 1.40. The first-order valence-electron chi connectivity index (χ1n) is 2.30. The SMILES string of the molecule is [NH3+][C@H]1CCSC1=O. The van der Waals surface area contributed by atoms with Gasteiger partial charge in [-0.05, 0) is 0 Å². The van der Waals surface area contributed by atoms with Crippen LogP contribution in [-0.2, 0) is 4.79 Å². The van der Waals surface area contributed by atoms with E-state index in [1.807, 2.05) is 0 Å². The van der Waals surface area contributed by atoms with Crippen LogP contribution in [-0.4, -0.2) is 16.9 Å². The fourth-order valence-corrected chi connectivity index (χ4v) is 1.49. The van der Waals surface area contributed by atoms with Crippen molar-refractivity contribution < 1.29 is 10.5 Å². The molecule has 3 N–H and O–H groups in total. The Kier molecular flexibility index (Phi) is 1.35. The van der Waals surface area contributed by atoms with Crippen molar-refractivity contribution in [1.29, 1.82) is 0 Å². The van der Waals surface area contributed by atoms with Gasteiger partial charge >= 0.3 is 0 Å². The average Bonchev–Trinajstić information content (AvgIpc) is 1.91. The van der Waals surface area contributed by atoms with E-state index in [0.29, 0.717) is 0 Å². The third-order valence-corrected chi connectivity index (χ3v) is 2.10. The summed E-state index contributed by atoms with van der Waals surface area (Å²) in [5.74, 6) is 0.979. The normalized spacial score (nSPS) is 31.6. The molecule has 7 heavy (non-hydrogen) atoms. The summed E-state index contributed by atoms with van der Waals surface area (Å²) < 4.78 is 0. The van der Waals surface area contributed by atoms with Crippen molar-refractivity contribution in [3.63, 3.8) is 0 Å². The van der Waals surface area contributed by atoms with Gasteiger partial charge in [0.2, 0.25) is 5.12 Å². The van der Waals surface area contributed by atoms with Crippen molar-refractivity contribution >= 4 is 16.9 Å². The standard InChI is InChI=1S/C4H7NOS/c5-3-1-2-7-4(3)6/h3H,1-2,5H2/p+1/t3-/m0/s1. The summed E-state index contributed by atoms with van der Waals surface area (Å²) in [6, 6.07) is 0.0880. The highest BCUT2D eigenvalue weighted by molar-refractivity contribution is 8.14. The Labute approximate surface area is 46.5 Å². The first kappa shape index (κ1) is 5.12. The molecule has 0 aromatic heterocycles. The maximum absolute atomic E-state index is 10.5. The molecular formula is C4H8NOS+. The van der Waals surface area contributed by atoms with Gasteiger partial charge in [-0.1, -0.05) is 11.8 Å². The summed E-state index contributed by atoms with van der Waals surface area (Å²) in [4.78, 5) is 10.5. The van der Waals surface area contributed by atoms with E-state index in [1.54, 1.807) is 0 Å². The molecule has 40 valence electrons. The van der Waals surface area contributed by atoms with Gasteiger partial charge < -0.3 is 5.73 Å². The molecule has 0 radical (unpaired) electrons. The number of carbonyl (C=O) groups excluding carboxylic acids is 1. The lowest BCUT2D eigenvalue weighted by atomic mass is 10.3. The maximum atomic E-state index is 10.5. The van der Waals surface area contributed by atoms with Gasteiger partial charge in [-0.15, -0.1) is 0 Å². The second kappa shape index (κ2) is 1.84. The molecule has 1 atom stereocenters. The van der Waals surface area contributed by atoms with Crippen LogP contribution in [0.1, 0.15) is 6.42 Å². The Bertz CT molecular complexity index is 93.7. The molecule has 0 saturated carbocycles. The minimum atomic E-state index is 0.0880. The van der Waals surface area contributed by atoms with Gasteiger partial charge in [0.1, 0.15) is 0 Å². The van der Waals surface area contributed by atoms with E-state index in [-0.39, 0.29) is 11.2 Å². The highest BCUT2D eigenvalue weighted by Crippen LogP contribution is 2.15. The monoisotopic (exact) mass is 118 g/mol. The number of hydrogen-bond acceptors (Lipinski definition) is 2. The van der Waals surface area contributed by atoms with Crippen molar-refractivity contribution in [2.24, 2.45) is 0 Å². The minimum Gasteiger partial charge on any atom is -0.348 e. The first-order chi connectivity index (χ1) is 3.30. The largest absolute Gasteiger partial charge is 0.348 e. The fourth-order valence-electron chi connectivity index (χ4n) is 0.537. The van der Waals surface area contributed by atoms with Crippen molar-refractivity contribution in [3.05, 3.63) is 0 Å². The number of hydrogen-bond donors (Lipinski definition) is 1. The van der Waals surface area contributed by atoms with Gasteiger partial charge in [-0.25, -0.2) is 0 Å². The fraction of sp³-hybridized carbons (Fsp3) is 0.750. The lowest BCUT2D eigenvalue weighted by Crippen LogP contribution is -2.62. The van der Waals surface area contributed by atoms with E-state index in [1.165, 1.54) is 11.8 Å². The van der Waals surface area contributed by atoms with Crippen molar-refractivity contribution in [1.82, 2.24) is 0 Å². The van der Waals surface area contributed by atoms with Crippen LogP contribution < -0.4 is 5.73 Å². The topological polar surface area (TPSA) is 44.7 Å². The second-order valence-corrected chi connectivity index (χ2v) is 2.75. The van der Waals surface area contributed by atoms with Crippen molar-refractivity contribution in [3.8, 4) is 0 Å². The molecule has 1 rings (SSSR count). The zero-order valence-corrected chi connectivity index (χ0v) is 4.83. The van der Waals surface area contributed by atoms with Crippen molar-refractivity contribution in [2.75, 3.05) is 5.75 Å². The molecule has 0 amide bonds. The number of rotatable bonds is 0. The molecule has 1 aliphatic heterocycles. The summed E-state index contributed by atoms with van der Waals surface area (Å²) in [5, 5.41) is 0.264. The summed E-state index contributed by atoms with van der Waals surface area (Å²) in [7, 11) is 0. The molecule has 0 aromatic rings. The molecule has 1 aliphatic rings. The van der Waals surface area contributed by atoms with Gasteiger partial charge in [-0.2, -0.15) is 0 Å². The molecule has 2 nitrogen and oxygen atoms in total. The quantitative estimate of drug-likeness (QED) is 0.455. The van der Waals surface area contributed by atoms with Gasteiger partial charge in [0.05, 0.1) is 0 Å². The number of thioether (sulfide) groups is 1. The highest BCUT2D eigenvalue weighted by atomic mass is 32.2. The van der Waals surface area contributed by atoms with Gasteiger partial charge in [0.25, 0.3) is 0 Å². The predicted octanol–water partition coefficient (Wildman–Crippen LogP) is -0.740. The number of carbonyl (C=O) groups is 1. The first-order valence-corrected chi connectivity index (χ1v) is 3.29. The van der Waals surface area contributed by atoms with Crippen LogP contribution in [0.3, 0.4) is 0 Å². The van der Waals surface area contributed by atoms with E-state index >= 15 is 0 Å². The van der Waals surface area contributed by atoms with Crippen molar-refractivity contribution in [2.45, 2.75) is 12.5 Å². The van der Waals surface area contributed by atoms with Crippen LogP contribution in [0.15, 0.2) is 0 Å². The lowest BCUT2D eigenvalue weighted by Gasteiger charge is -1.86. The Morgan fingerprint density at radius 3 is 2.71 bits per heavy atom. The minimum absolute atomic E-state index is 0.0880. The molecule has 1 fully saturated rings. The average molecular weight is 118 g/mol. The lowest BCUT2D eigenvalue weighted by molar-refractivity contribution is -0.400. The molecule has 0 aromatic carbocycles. The third-order valence-electron chi connectivity index (χ3n) is 1.04. The Morgan fingerprint density at radius 2 is 2.57 bits per heavy atom. The zero-order valence-electron chi connectivity index (χ0n) is 4.02. The van der Waals surface area contributed by atoms with E-state index < -0.39 is 0 Å². The summed E-state index contributed by atoms with van der Waals surface area (Å²) in [6.07, 6.45) is 0.976. The Balaban J connectivity index is 2.48. The van der Waals surface area contributed by atoms with E-state index in [4.69, 9.17) is 0 Å². The maximum Gasteiger partial charge on any atom is 0.246 e. The van der Waals surface area contributed by atoms with Gasteiger partial charge in [0.15, 0.2) is 6.04 Å². The molecule has 0 bridgehead atoms. The molecule has 3 heteroatoms. The molecule has 1 heterocycles. The van der Waals surface area contributed by atoms with Crippen LogP contribution in [0.4, 0.5) is 0 Å². The summed E-state index contributed by atoms with van der Waals surface area (Å²) in [6.45, 7) is 0. The molecular weight excluding hydrogens is 110 g/mol. The zero-order chi connectivity index (χ0) is 5.28. The molecule has 1 saturated heterocycles. The van der Waals surface area contributed by atoms with Crippen LogP contribution in [0.25, 0.3) is 0 Å². The highest BCUT2D eigenvalue weighted by Gasteiger charge is 2.23. The van der Waals surface area contributed by atoms with Gasteiger partial charge in [0, 0.05) is 12.2 Å². The molecule has 0 unspecified atom stereocenters.